The van der Waals surface area contributed by atoms with E-state index in [0.29, 0.717) is 16.7 Å². The molecule has 30 atom stereocenters. The van der Waals surface area contributed by atoms with Gasteiger partial charge in [0.15, 0.2) is 62.2 Å². The van der Waals surface area contributed by atoms with Gasteiger partial charge in [0.2, 0.25) is 0 Å². The number of benzene rings is 6. The summed E-state index contributed by atoms with van der Waals surface area (Å²) < 4.78 is 202. The zero-order valence-corrected chi connectivity index (χ0v) is 80.0. The Kier molecular flexibility index (Phi) is 42.4. The smallest absolute Gasteiger partial charge is 0.338 e. The fraction of sp³-hybridized carbons (Fsp3) is 0.560. The Hall–Kier alpha value is -9.68. The van der Waals surface area contributed by atoms with Crippen molar-refractivity contribution in [1.29, 1.82) is 0 Å². The second-order valence-electron chi connectivity index (χ2n) is 33.5. The number of hydrogen-bond donors (Lipinski definition) is 0. The molecule has 6 aromatic carbocycles. The minimum atomic E-state index is -1.98. The number of carbonyl (C=O) groups excluding carboxylic acids is 8. The number of Topliss-reactive ketones (excluding diaryl/α,β-unsaturated/α-hetero) is 1. The molecule has 0 radical (unpaired) electrons. The van der Waals surface area contributed by atoms with E-state index in [9.17, 15) is 28.8 Å². The third-order valence-corrected chi connectivity index (χ3v) is 24.0. The first-order chi connectivity index (χ1) is 67.4. The predicted octanol–water partition coefficient (Wildman–Crippen LogP) is 7.39. The highest BCUT2D eigenvalue weighted by Gasteiger charge is 2.63. The largest absolute Gasteiger partial charge is 0.463 e. The summed E-state index contributed by atoms with van der Waals surface area (Å²) in [6.07, 6.45) is -45.7. The minimum Gasteiger partial charge on any atom is -0.463 e. The molecule has 39 heteroatoms. The zero-order chi connectivity index (χ0) is 99.0. The molecule has 760 valence electrons. The van der Waals surface area contributed by atoms with E-state index in [1.54, 1.807) is 91.0 Å². The van der Waals surface area contributed by atoms with Crippen LogP contribution in [0.25, 0.3) is 0 Å². The second-order valence-corrected chi connectivity index (χ2v) is 33.5. The number of carbonyl (C=O) groups is 8. The summed E-state index contributed by atoms with van der Waals surface area (Å²) in [6.45, 7) is 3.24. The Balaban J connectivity index is 0.904. The molecule has 6 saturated heterocycles. The molecule has 12 rings (SSSR count). The molecule has 6 aromatic rings. The van der Waals surface area contributed by atoms with Gasteiger partial charge in [0.1, 0.15) is 161 Å². The zero-order valence-electron chi connectivity index (χ0n) is 80.0. The molecule has 0 amide bonds. The summed E-state index contributed by atoms with van der Waals surface area (Å²) in [5.41, 5.74) is 4.16. The predicted molar refractivity (Wildman–Crippen MR) is 479 cm³/mol. The van der Waals surface area contributed by atoms with Crippen molar-refractivity contribution in [3.05, 3.63) is 215 Å². The van der Waals surface area contributed by atoms with Gasteiger partial charge in [-0.1, -0.05) is 182 Å². The molecule has 0 N–H and O–H groups in total. The highest BCUT2D eigenvalue weighted by molar-refractivity contribution is 5.81. The van der Waals surface area contributed by atoms with Gasteiger partial charge in [-0.25, -0.2) is 9.59 Å². The Morgan fingerprint density at radius 3 is 0.863 bits per heavy atom. The second kappa shape index (κ2) is 54.5. The quantitative estimate of drug-likeness (QED) is 0.0265. The molecule has 6 aliphatic rings. The number of hydrogen-bond acceptors (Lipinski definition) is 39. The SMILES string of the molecule is CO[C@H]1O[C@H](COCc2ccccc2)[C@@H](O[C@@H]2O[C@@H](C(=O)OCc3ccccc3)[C@@H](O[C@H]3O[C@H](COC(C)=O)[C@@H](O[C@@H]4O[C@H](C(=O)OCc5ccccc5)[C@@H](O[C@H]5O[C@H](COC(C)=O)[C@@H](O[C@H]6O[C@H](COC(C)=O)[C@@H](OC(=O)CCC(C)=O)[C@H](OC)[C@H]6OC)[C@H](OC)[C@H]5OC)[C@H](OC)[C@H]4OC)[C@H](OC(C)=O)[C@H]3OCc3ccccc3)[C@H](OC)[C@H]2OC)[C@H](OCc2ccccc2)[C@H]1OCc1ccccc1. The highest BCUT2D eigenvalue weighted by Crippen LogP contribution is 2.43. The molecule has 139 heavy (non-hydrogen) atoms. The summed E-state index contributed by atoms with van der Waals surface area (Å²) in [5, 5.41) is 0. The van der Waals surface area contributed by atoms with Gasteiger partial charge in [0.25, 0.3) is 0 Å². The van der Waals surface area contributed by atoms with Gasteiger partial charge in [-0.3, -0.25) is 24.0 Å². The summed E-state index contributed by atoms with van der Waals surface area (Å²) in [7, 11) is 12.0. The standard InChI is InChI=1S/C100H126O39/c1-57(101)45-46-72(106)132-73-69(54-119-58(2)102)129-96(87(113-10)77(73)109-6)133-74-70(55-120-59(3)103)130-97(88(114-11)78(74)110-7)136-83-79(111-8)90(116-13)99(139-85(83)93(107)125-51-66-41-29-19-30-42-66)135-76-71(56-121-60(4)104)131-100(92(82(76)127-61(5)105)124-50-65-39-27-18-28-40-65)137-84-80(112-9)89(115-12)98(138-86(84)94(108)126-52-67-43-31-20-32-44-67)134-75-68(53-118-47-62-33-21-15-22-34-62)128-95(117-14)91(123-49-64-37-25-17-26-38-64)81(75)122-48-63-35-23-16-24-36-63/h15-44,68-71,73-92,95-100H,45-56H2,1-14H3/t68-,69-,70-,71-,73-,74-,75-,76-,77+,78+,79+,80+,81+,82+,83+,84+,85+,86-,87-,88-,89-,90-,91-,92-,95+,96-,97-,98-,99-,100-/m1/s1. The molecule has 39 nitrogen and oxygen atoms in total. The maximum absolute atomic E-state index is 15.8. The number of esters is 7. The van der Waals surface area contributed by atoms with Crippen molar-refractivity contribution in [3.63, 3.8) is 0 Å². The molecule has 0 saturated carbocycles. The molecule has 0 aliphatic carbocycles. The van der Waals surface area contributed by atoms with Crippen LogP contribution in [0.3, 0.4) is 0 Å². The van der Waals surface area contributed by atoms with Gasteiger partial charge in [-0.2, -0.15) is 0 Å². The van der Waals surface area contributed by atoms with Gasteiger partial charge in [-0.05, 0) is 40.3 Å². The molecule has 0 unspecified atom stereocenters. The highest BCUT2D eigenvalue weighted by atomic mass is 16.8. The van der Waals surface area contributed by atoms with E-state index in [1.807, 2.05) is 91.0 Å². The third kappa shape index (κ3) is 29.5. The van der Waals surface area contributed by atoms with E-state index >= 15 is 9.59 Å². The maximum atomic E-state index is 15.8. The van der Waals surface area contributed by atoms with Crippen LogP contribution >= 0.6 is 0 Å². The first kappa shape index (κ1) is 108. The lowest BCUT2D eigenvalue weighted by atomic mass is 9.94. The first-order valence-electron chi connectivity index (χ1n) is 45.6. The van der Waals surface area contributed by atoms with Crippen molar-refractivity contribution in [1.82, 2.24) is 0 Å². The normalized spacial score (nSPS) is 31.3. The average Bonchev–Trinajstić information content (AvgIpc) is 0.758. The van der Waals surface area contributed by atoms with Gasteiger partial charge in [0.05, 0.1) is 39.5 Å². The number of rotatable bonds is 49. The van der Waals surface area contributed by atoms with E-state index in [-0.39, 0.29) is 64.9 Å². The van der Waals surface area contributed by atoms with Gasteiger partial charge < -0.3 is 152 Å². The van der Waals surface area contributed by atoms with Gasteiger partial charge in [-0.15, -0.1) is 0 Å². The molecule has 6 fully saturated rings. The fourth-order valence-electron chi connectivity index (χ4n) is 17.3. The topological polar surface area (TPSA) is 423 Å². The van der Waals surface area contributed by atoms with Crippen LogP contribution < -0.4 is 0 Å². The van der Waals surface area contributed by atoms with Crippen molar-refractivity contribution in [2.75, 3.05) is 90.4 Å². The van der Waals surface area contributed by atoms with Crippen LogP contribution in [0.2, 0.25) is 0 Å². The van der Waals surface area contributed by atoms with E-state index < -0.39 is 246 Å². The van der Waals surface area contributed by atoms with Gasteiger partial charge in [0, 0.05) is 98.1 Å². The van der Waals surface area contributed by atoms with Crippen molar-refractivity contribution >= 4 is 47.6 Å². The number of ketones is 1. The Morgan fingerprint density at radius 1 is 0.237 bits per heavy atom. The number of methoxy groups -OCH3 is 9. The van der Waals surface area contributed by atoms with Gasteiger partial charge >= 0.3 is 41.8 Å². The first-order valence-corrected chi connectivity index (χ1v) is 45.6. The van der Waals surface area contributed by atoms with Crippen LogP contribution in [0.4, 0.5) is 0 Å². The Morgan fingerprint density at radius 2 is 0.518 bits per heavy atom. The molecule has 0 spiro atoms. The lowest BCUT2D eigenvalue weighted by Crippen LogP contribution is -2.70. The summed E-state index contributed by atoms with van der Waals surface area (Å²) in [5.74, 6) is -6.44. The molecular weight excluding hydrogens is 1830 g/mol. The van der Waals surface area contributed by atoms with Crippen LogP contribution in [0, 0.1) is 0 Å². The Bertz CT molecular complexity index is 4730. The minimum absolute atomic E-state index is 0.0248. The molecule has 6 heterocycles. The van der Waals surface area contributed by atoms with E-state index in [1.165, 1.54) is 70.9 Å². The van der Waals surface area contributed by atoms with Crippen LogP contribution in [0.15, 0.2) is 182 Å². The van der Waals surface area contributed by atoms with Crippen LogP contribution in [-0.4, -0.2) is 322 Å². The fourth-order valence-corrected chi connectivity index (χ4v) is 17.3. The van der Waals surface area contributed by atoms with Crippen LogP contribution in [0.1, 0.15) is 80.8 Å². The van der Waals surface area contributed by atoms with Crippen LogP contribution in [-0.2, 0) is 225 Å². The van der Waals surface area contributed by atoms with E-state index in [4.69, 9.17) is 147 Å². The third-order valence-electron chi connectivity index (χ3n) is 24.0. The molecule has 6 aliphatic heterocycles. The number of ether oxygens (including phenoxy) is 31. The lowest BCUT2D eigenvalue weighted by molar-refractivity contribution is -0.398. The molecular formula is C100H126O39. The van der Waals surface area contributed by atoms with Crippen molar-refractivity contribution < 1.29 is 185 Å². The monoisotopic (exact) mass is 1950 g/mol. The van der Waals surface area contributed by atoms with Crippen LogP contribution in [0.5, 0.6) is 0 Å². The molecule has 0 aromatic heterocycles. The summed E-state index contributed by atoms with van der Waals surface area (Å²) in [4.78, 5) is 110. The van der Waals surface area contributed by atoms with Crippen molar-refractivity contribution in [3.8, 4) is 0 Å². The Labute approximate surface area is 806 Å². The van der Waals surface area contributed by atoms with Crippen molar-refractivity contribution in [2.24, 2.45) is 0 Å². The van der Waals surface area contributed by atoms with E-state index in [2.05, 4.69) is 0 Å². The summed E-state index contributed by atoms with van der Waals surface area (Å²) in [6, 6.07) is 54.7. The molecule has 0 bridgehead atoms. The maximum Gasteiger partial charge on any atom is 0.338 e. The van der Waals surface area contributed by atoms with Crippen molar-refractivity contribution in [2.45, 2.75) is 271 Å². The average molecular weight is 1950 g/mol. The summed E-state index contributed by atoms with van der Waals surface area (Å²) >= 11 is 0. The van der Waals surface area contributed by atoms with E-state index in [0.717, 1.165) is 44.4 Å². The lowest BCUT2D eigenvalue weighted by Gasteiger charge is -2.52.